The number of amides is 1. The van der Waals surface area contributed by atoms with Gasteiger partial charge in [-0.05, 0) is 44.0 Å². The second-order valence-corrected chi connectivity index (χ2v) is 6.43. The van der Waals surface area contributed by atoms with Crippen molar-refractivity contribution in [2.45, 2.75) is 32.7 Å². The lowest BCUT2D eigenvalue weighted by Crippen LogP contribution is -2.43. The smallest absolute Gasteiger partial charge is 0.253 e. The van der Waals surface area contributed by atoms with E-state index in [0.717, 1.165) is 25.9 Å². The van der Waals surface area contributed by atoms with Gasteiger partial charge in [-0.25, -0.2) is 0 Å². The molecule has 1 N–H and O–H groups in total. The first-order valence-electron chi connectivity index (χ1n) is 8.32. The SMILES string of the molecule is CNC1CCN(C(=O)c2ccc(OCC(C)C)c(OC)c2)CC1.Cl. The monoisotopic (exact) mass is 356 g/mol. The molecule has 24 heavy (non-hydrogen) atoms. The zero-order chi connectivity index (χ0) is 16.8. The predicted molar refractivity (Wildman–Crippen MR) is 98.6 cm³/mol. The second kappa shape index (κ2) is 9.74. The molecule has 1 aliphatic heterocycles. The van der Waals surface area contributed by atoms with Gasteiger partial charge in [0.05, 0.1) is 13.7 Å². The summed E-state index contributed by atoms with van der Waals surface area (Å²) in [6.45, 7) is 6.40. The normalized spacial score (nSPS) is 15.1. The Kier molecular flexibility index (Phi) is 8.36. The number of likely N-dealkylation sites (tertiary alicyclic amines) is 1. The van der Waals surface area contributed by atoms with Gasteiger partial charge in [0.1, 0.15) is 0 Å². The van der Waals surface area contributed by atoms with Crippen molar-refractivity contribution < 1.29 is 14.3 Å². The van der Waals surface area contributed by atoms with Crippen molar-refractivity contribution in [2.24, 2.45) is 5.92 Å². The van der Waals surface area contributed by atoms with Gasteiger partial charge in [0.15, 0.2) is 11.5 Å². The number of halogens is 1. The molecule has 6 heteroatoms. The quantitative estimate of drug-likeness (QED) is 0.851. The average Bonchev–Trinajstić information content (AvgIpc) is 2.59. The van der Waals surface area contributed by atoms with Crippen LogP contribution in [0.4, 0.5) is 0 Å². The molecule has 1 heterocycles. The topological polar surface area (TPSA) is 50.8 Å². The predicted octanol–water partition coefficient (Wildman–Crippen LogP) is 2.98. The van der Waals surface area contributed by atoms with E-state index in [1.54, 1.807) is 13.2 Å². The van der Waals surface area contributed by atoms with Gasteiger partial charge < -0.3 is 19.7 Å². The zero-order valence-corrected chi connectivity index (χ0v) is 15.8. The maximum Gasteiger partial charge on any atom is 0.253 e. The third-order valence-electron chi connectivity index (χ3n) is 4.17. The fourth-order valence-corrected chi connectivity index (χ4v) is 2.73. The summed E-state index contributed by atoms with van der Waals surface area (Å²) in [7, 11) is 3.58. The van der Waals surface area contributed by atoms with Gasteiger partial charge in [-0.2, -0.15) is 0 Å². The molecule has 0 saturated carbocycles. The number of benzene rings is 1. The molecule has 1 amide bonds. The highest BCUT2D eigenvalue weighted by atomic mass is 35.5. The lowest BCUT2D eigenvalue weighted by molar-refractivity contribution is 0.0707. The maximum absolute atomic E-state index is 12.6. The van der Waals surface area contributed by atoms with Gasteiger partial charge >= 0.3 is 0 Å². The Morgan fingerprint density at radius 1 is 1.29 bits per heavy atom. The van der Waals surface area contributed by atoms with E-state index in [-0.39, 0.29) is 18.3 Å². The number of carbonyl (C=O) groups is 1. The van der Waals surface area contributed by atoms with Gasteiger partial charge in [0.2, 0.25) is 0 Å². The van der Waals surface area contributed by atoms with E-state index >= 15 is 0 Å². The van der Waals surface area contributed by atoms with Gasteiger partial charge in [-0.3, -0.25) is 4.79 Å². The lowest BCUT2D eigenvalue weighted by Gasteiger charge is -2.32. The van der Waals surface area contributed by atoms with Crippen molar-refractivity contribution in [1.82, 2.24) is 10.2 Å². The van der Waals surface area contributed by atoms with Crippen LogP contribution in [0.2, 0.25) is 0 Å². The van der Waals surface area contributed by atoms with E-state index in [4.69, 9.17) is 9.47 Å². The summed E-state index contributed by atoms with van der Waals surface area (Å²) < 4.78 is 11.1. The molecule has 0 aromatic heterocycles. The largest absolute Gasteiger partial charge is 0.493 e. The Hall–Kier alpha value is -1.46. The highest BCUT2D eigenvalue weighted by Crippen LogP contribution is 2.29. The molecule has 0 spiro atoms. The van der Waals surface area contributed by atoms with E-state index < -0.39 is 0 Å². The number of rotatable bonds is 6. The standard InChI is InChI=1S/C18H28N2O3.ClH/c1-13(2)12-23-16-6-5-14(11-17(16)22-4)18(21)20-9-7-15(19-3)8-10-20;/h5-6,11,13,15,19H,7-10,12H2,1-4H3;1H. The third-order valence-corrected chi connectivity index (χ3v) is 4.17. The molecule has 5 nitrogen and oxygen atoms in total. The molecule has 2 rings (SSSR count). The van der Waals surface area contributed by atoms with Crippen molar-refractivity contribution in [2.75, 3.05) is 33.9 Å². The van der Waals surface area contributed by atoms with Crippen LogP contribution in [0.3, 0.4) is 0 Å². The van der Waals surface area contributed by atoms with Gasteiger partial charge in [-0.1, -0.05) is 13.8 Å². The summed E-state index contributed by atoms with van der Waals surface area (Å²) in [5, 5.41) is 3.28. The van der Waals surface area contributed by atoms with Crippen LogP contribution in [0.1, 0.15) is 37.0 Å². The number of piperidine rings is 1. The highest BCUT2D eigenvalue weighted by molar-refractivity contribution is 5.95. The Labute approximate surface area is 151 Å². The van der Waals surface area contributed by atoms with Crippen molar-refractivity contribution in [3.8, 4) is 11.5 Å². The minimum Gasteiger partial charge on any atom is -0.493 e. The van der Waals surface area contributed by atoms with Gasteiger partial charge in [-0.15, -0.1) is 12.4 Å². The van der Waals surface area contributed by atoms with Crippen LogP contribution in [0, 0.1) is 5.92 Å². The Bertz CT molecular complexity index is 529. The number of nitrogens with one attached hydrogen (secondary N) is 1. The van der Waals surface area contributed by atoms with Crippen LogP contribution >= 0.6 is 12.4 Å². The molecule has 0 unspecified atom stereocenters. The van der Waals surface area contributed by atoms with E-state index in [0.29, 0.717) is 35.6 Å². The van der Waals surface area contributed by atoms with Crippen molar-refractivity contribution >= 4 is 18.3 Å². The van der Waals surface area contributed by atoms with Gasteiger partial charge in [0.25, 0.3) is 5.91 Å². The minimum absolute atomic E-state index is 0. The highest BCUT2D eigenvalue weighted by Gasteiger charge is 2.23. The first-order chi connectivity index (χ1) is 11.0. The molecular weight excluding hydrogens is 328 g/mol. The molecule has 1 fully saturated rings. The molecule has 1 aliphatic rings. The van der Waals surface area contributed by atoms with Crippen molar-refractivity contribution in [1.29, 1.82) is 0 Å². The maximum atomic E-state index is 12.6. The molecule has 136 valence electrons. The van der Waals surface area contributed by atoms with Gasteiger partial charge in [0, 0.05) is 24.7 Å². The molecule has 0 radical (unpaired) electrons. The summed E-state index contributed by atoms with van der Waals surface area (Å²) in [5.74, 6) is 1.80. The van der Waals surface area contributed by atoms with E-state index in [1.807, 2.05) is 24.1 Å². The van der Waals surface area contributed by atoms with Crippen LogP contribution in [0.15, 0.2) is 18.2 Å². The zero-order valence-electron chi connectivity index (χ0n) is 15.0. The summed E-state index contributed by atoms with van der Waals surface area (Å²) in [4.78, 5) is 14.6. The van der Waals surface area contributed by atoms with E-state index in [1.165, 1.54) is 0 Å². The van der Waals surface area contributed by atoms with E-state index in [9.17, 15) is 4.79 Å². The summed E-state index contributed by atoms with van der Waals surface area (Å²) >= 11 is 0. The van der Waals surface area contributed by atoms with Crippen LogP contribution in [0.5, 0.6) is 11.5 Å². The average molecular weight is 357 g/mol. The number of carbonyl (C=O) groups excluding carboxylic acids is 1. The molecule has 1 aromatic rings. The number of ether oxygens (including phenoxy) is 2. The number of methoxy groups -OCH3 is 1. The molecule has 0 bridgehead atoms. The summed E-state index contributed by atoms with van der Waals surface area (Å²) in [5.41, 5.74) is 0.654. The molecular formula is C18H29ClN2O3. The molecule has 0 atom stereocenters. The van der Waals surface area contributed by atoms with Crippen LogP contribution in [0.25, 0.3) is 0 Å². The molecule has 1 aromatic carbocycles. The van der Waals surface area contributed by atoms with Crippen molar-refractivity contribution in [3.05, 3.63) is 23.8 Å². The van der Waals surface area contributed by atoms with Crippen LogP contribution in [-0.2, 0) is 0 Å². The Morgan fingerprint density at radius 3 is 2.50 bits per heavy atom. The second-order valence-electron chi connectivity index (χ2n) is 6.43. The summed E-state index contributed by atoms with van der Waals surface area (Å²) in [6, 6.07) is 5.95. The van der Waals surface area contributed by atoms with Crippen LogP contribution < -0.4 is 14.8 Å². The minimum atomic E-state index is 0. The Balaban J connectivity index is 0.00000288. The number of hydrogen-bond acceptors (Lipinski definition) is 4. The lowest BCUT2D eigenvalue weighted by atomic mass is 10.0. The fraction of sp³-hybridized carbons (Fsp3) is 0.611. The van der Waals surface area contributed by atoms with E-state index in [2.05, 4.69) is 19.2 Å². The number of hydrogen-bond donors (Lipinski definition) is 1. The number of nitrogens with zero attached hydrogens (tertiary/aromatic N) is 1. The first kappa shape index (κ1) is 20.6. The van der Waals surface area contributed by atoms with Crippen LogP contribution in [-0.4, -0.2) is 50.7 Å². The molecule has 1 saturated heterocycles. The fourth-order valence-electron chi connectivity index (χ4n) is 2.73. The summed E-state index contributed by atoms with van der Waals surface area (Å²) in [6.07, 6.45) is 1.99. The van der Waals surface area contributed by atoms with Crippen molar-refractivity contribution in [3.63, 3.8) is 0 Å². The first-order valence-corrected chi connectivity index (χ1v) is 8.32. The third kappa shape index (κ3) is 5.28. The Morgan fingerprint density at radius 2 is 1.96 bits per heavy atom. The molecule has 0 aliphatic carbocycles.